The van der Waals surface area contributed by atoms with Crippen molar-refractivity contribution in [1.29, 1.82) is 0 Å². The van der Waals surface area contributed by atoms with Gasteiger partial charge in [0.25, 0.3) is 0 Å². The van der Waals surface area contributed by atoms with Crippen molar-refractivity contribution in [2.75, 3.05) is 23.8 Å². The number of rotatable bonds is 7. The van der Waals surface area contributed by atoms with Crippen molar-refractivity contribution in [1.82, 2.24) is 9.97 Å². The summed E-state index contributed by atoms with van der Waals surface area (Å²) in [5.41, 5.74) is 0. The van der Waals surface area contributed by atoms with Gasteiger partial charge in [0.1, 0.15) is 0 Å². The molecular formula is C12H21FN4O. The van der Waals surface area contributed by atoms with Crippen molar-refractivity contribution in [3.05, 3.63) is 12.0 Å². The highest BCUT2D eigenvalue weighted by Gasteiger charge is 2.15. The fraction of sp³-hybridized carbons (Fsp3) is 0.667. The molecule has 0 saturated heterocycles. The summed E-state index contributed by atoms with van der Waals surface area (Å²) in [5.74, 6) is 0.171. The van der Waals surface area contributed by atoms with Gasteiger partial charge in [-0.15, -0.1) is 0 Å². The second-order valence-electron chi connectivity index (χ2n) is 4.49. The van der Waals surface area contributed by atoms with Gasteiger partial charge in [-0.25, -0.2) is 9.37 Å². The number of aliphatic hydroxyl groups excluding tert-OH is 1. The van der Waals surface area contributed by atoms with Crippen LogP contribution in [0.4, 0.5) is 16.2 Å². The summed E-state index contributed by atoms with van der Waals surface area (Å²) < 4.78 is 13.6. The van der Waals surface area contributed by atoms with Crippen LogP contribution in [0.15, 0.2) is 6.20 Å². The largest absolute Gasteiger partial charge is 0.394 e. The molecule has 102 valence electrons. The van der Waals surface area contributed by atoms with E-state index in [1.807, 2.05) is 20.8 Å². The molecule has 0 aliphatic carbocycles. The van der Waals surface area contributed by atoms with Gasteiger partial charge >= 0.3 is 0 Å². The summed E-state index contributed by atoms with van der Waals surface area (Å²) in [6.45, 7) is 6.58. The van der Waals surface area contributed by atoms with Gasteiger partial charge in [0, 0.05) is 6.54 Å². The third kappa shape index (κ3) is 4.10. The zero-order valence-corrected chi connectivity index (χ0v) is 11.1. The molecule has 1 atom stereocenters. The molecule has 1 aromatic rings. The van der Waals surface area contributed by atoms with Gasteiger partial charge in [0.15, 0.2) is 11.6 Å². The van der Waals surface area contributed by atoms with Crippen molar-refractivity contribution in [3.8, 4) is 0 Å². The lowest BCUT2D eigenvalue weighted by Crippen LogP contribution is -2.30. The lowest BCUT2D eigenvalue weighted by Gasteiger charge is -2.20. The molecule has 0 saturated carbocycles. The van der Waals surface area contributed by atoms with E-state index in [0.29, 0.717) is 5.95 Å². The van der Waals surface area contributed by atoms with Crippen molar-refractivity contribution in [2.45, 2.75) is 33.2 Å². The predicted molar refractivity (Wildman–Crippen MR) is 70.1 cm³/mol. The lowest BCUT2D eigenvalue weighted by molar-refractivity contribution is 0.248. The molecule has 0 fully saturated rings. The molecule has 0 aliphatic rings. The smallest absolute Gasteiger partial charge is 0.224 e. The number of hydrogen-bond donors (Lipinski definition) is 3. The molecule has 0 aliphatic heterocycles. The van der Waals surface area contributed by atoms with Gasteiger partial charge in [-0.05, 0) is 12.3 Å². The first-order valence-electron chi connectivity index (χ1n) is 6.22. The van der Waals surface area contributed by atoms with Crippen LogP contribution in [0.3, 0.4) is 0 Å². The van der Waals surface area contributed by atoms with Crippen molar-refractivity contribution in [3.63, 3.8) is 0 Å². The second kappa shape index (κ2) is 7.10. The van der Waals surface area contributed by atoms with Gasteiger partial charge < -0.3 is 15.7 Å². The van der Waals surface area contributed by atoms with E-state index in [9.17, 15) is 9.50 Å². The van der Waals surface area contributed by atoms with Gasteiger partial charge in [0.05, 0.1) is 18.8 Å². The van der Waals surface area contributed by atoms with Crippen LogP contribution in [0, 0.1) is 11.7 Å². The van der Waals surface area contributed by atoms with Crippen LogP contribution in [0.25, 0.3) is 0 Å². The molecule has 18 heavy (non-hydrogen) atoms. The van der Waals surface area contributed by atoms with Crippen LogP contribution < -0.4 is 10.6 Å². The van der Waals surface area contributed by atoms with E-state index in [1.165, 1.54) is 0 Å². The number of aliphatic hydroxyl groups is 1. The number of nitrogens with one attached hydrogen (secondary N) is 2. The van der Waals surface area contributed by atoms with Gasteiger partial charge in [-0.2, -0.15) is 4.98 Å². The summed E-state index contributed by atoms with van der Waals surface area (Å²) in [4.78, 5) is 7.92. The third-order valence-electron chi connectivity index (χ3n) is 2.60. The van der Waals surface area contributed by atoms with Crippen LogP contribution in [-0.4, -0.2) is 34.3 Å². The SMILES string of the molecule is CCCNc1ncc(F)c(N[C@H](CO)C(C)C)n1. The Hall–Kier alpha value is -1.43. The van der Waals surface area contributed by atoms with Crippen molar-refractivity contribution >= 4 is 11.8 Å². The zero-order chi connectivity index (χ0) is 13.5. The highest BCUT2D eigenvalue weighted by atomic mass is 19.1. The molecule has 3 N–H and O–H groups in total. The standard InChI is InChI=1S/C12H21FN4O/c1-4-5-14-12-15-6-9(13)11(17-12)16-10(7-18)8(2)3/h6,8,10,18H,4-5,7H2,1-3H3,(H2,14,15,16,17)/t10-/m1/s1. The molecule has 1 rings (SSSR count). The van der Waals surface area contributed by atoms with E-state index in [2.05, 4.69) is 20.6 Å². The van der Waals surface area contributed by atoms with Crippen LogP contribution in [-0.2, 0) is 0 Å². The number of anilines is 2. The van der Waals surface area contributed by atoms with E-state index < -0.39 is 5.82 Å². The molecule has 0 bridgehead atoms. The molecule has 0 spiro atoms. The minimum atomic E-state index is -0.517. The van der Waals surface area contributed by atoms with Crippen LogP contribution in [0.5, 0.6) is 0 Å². The minimum Gasteiger partial charge on any atom is -0.394 e. The first-order valence-corrected chi connectivity index (χ1v) is 6.22. The highest BCUT2D eigenvalue weighted by Crippen LogP contribution is 2.15. The monoisotopic (exact) mass is 256 g/mol. The molecule has 1 heterocycles. The summed E-state index contributed by atoms with van der Waals surface area (Å²) in [6.07, 6.45) is 2.07. The van der Waals surface area contributed by atoms with Gasteiger partial charge in [0.2, 0.25) is 5.95 Å². The van der Waals surface area contributed by atoms with E-state index in [1.54, 1.807) is 0 Å². The number of aromatic nitrogens is 2. The quantitative estimate of drug-likeness (QED) is 0.694. The van der Waals surface area contributed by atoms with E-state index in [4.69, 9.17) is 0 Å². The Morgan fingerprint density at radius 3 is 2.72 bits per heavy atom. The molecular weight excluding hydrogens is 235 g/mol. The summed E-state index contributed by atoms with van der Waals surface area (Å²) in [6, 6.07) is -0.228. The number of nitrogens with zero attached hydrogens (tertiary/aromatic N) is 2. The Bertz CT molecular complexity index is 373. The Morgan fingerprint density at radius 2 is 2.17 bits per heavy atom. The lowest BCUT2D eigenvalue weighted by atomic mass is 10.1. The third-order valence-corrected chi connectivity index (χ3v) is 2.60. The average molecular weight is 256 g/mol. The van der Waals surface area contributed by atoms with Crippen molar-refractivity contribution < 1.29 is 9.50 Å². The second-order valence-corrected chi connectivity index (χ2v) is 4.49. The van der Waals surface area contributed by atoms with Crippen molar-refractivity contribution in [2.24, 2.45) is 5.92 Å². The maximum absolute atomic E-state index is 13.6. The average Bonchev–Trinajstić information content (AvgIpc) is 2.35. The normalized spacial score (nSPS) is 12.6. The first-order chi connectivity index (χ1) is 8.58. The van der Waals surface area contributed by atoms with E-state index >= 15 is 0 Å². The zero-order valence-electron chi connectivity index (χ0n) is 11.1. The number of hydrogen-bond acceptors (Lipinski definition) is 5. The van der Waals surface area contributed by atoms with E-state index in [0.717, 1.165) is 19.2 Å². The van der Waals surface area contributed by atoms with Crippen LogP contribution in [0.1, 0.15) is 27.2 Å². The Balaban J connectivity index is 2.79. The summed E-state index contributed by atoms with van der Waals surface area (Å²) in [7, 11) is 0. The fourth-order valence-corrected chi connectivity index (χ4v) is 1.39. The van der Waals surface area contributed by atoms with Crippen LogP contribution in [0.2, 0.25) is 0 Å². The summed E-state index contributed by atoms with van der Waals surface area (Å²) >= 11 is 0. The van der Waals surface area contributed by atoms with Crippen LogP contribution >= 0.6 is 0 Å². The molecule has 0 amide bonds. The Morgan fingerprint density at radius 1 is 1.44 bits per heavy atom. The maximum atomic E-state index is 13.6. The predicted octanol–water partition coefficient (Wildman–Crippen LogP) is 1.87. The highest BCUT2D eigenvalue weighted by molar-refractivity contribution is 5.42. The fourth-order valence-electron chi connectivity index (χ4n) is 1.39. The molecule has 1 aromatic heterocycles. The maximum Gasteiger partial charge on any atom is 0.224 e. The number of halogens is 1. The summed E-state index contributed by atoms with van der Waals surface area (Å²) in [5, 5.41) is 15.1. The van der Waals surface area contributed by atoms with Gasteiger partial charge in [-0.3, -0.25) is 0 Å². The minimum absolute atomic E-state index is 0.0706. The Labute approximate surface area is 107 Å². The first kappa shape index (κ1) is 14.6. The molecule has 0 aromatic carbocycles. The van der Waals surface area contributed by atoms with Gasteiger partial charge in [-0.1, -0.05) is 20.8 Å². The molecule has 0 unspecified atom stereocenters. The topological polar surface area (TPSA) is 70.1 Å². The molecule has 0 radical (unpaired) electrons. The van der Waals surface area contributed by atoms with E-state index in [-0.39, 0.29) is 24.4 Å². The molecule has 5 nitrogen and oxygen atoms in total. The molecule has 6 heteroatoms. The Kier molecular flexibility index (Phi) is 5.77.